The average Bonchev–Trinajstić information content (AvgIpc) is 2.70. The topological polar surface area (TPSA) is 41.5 Å². The van der Waals surface area contributed by atoms with Gasteiger partial charge in [-0.3, -0.25) is 9.88 Å². The van der Waals surface area contributed by atoms with Crippen LogP contribution in [0.3, 0.4) is 0 Å². The molecule has 2 heterocycles. The van der Waals surface area contributed by atoms with Gasteiger partial charge in [0.1, 0.15) is 6.10 Å². The lowest BCUT2D eigenvalue weighted by Gasteiger charge is -2.26. The van der Waals surface area contributed by atoms with E-state index in [1.807, 2.05) is 6.08 Å². The molecule has 1 aliphatic rings. The van der Waals surface area contributed by atoms with Gasteiger partial charge in [-0.15, -0.1) is 6.58 Å². The van der Waals surface area contributed by atoms with E-state index in [0.717, 1.165) is 39.0 Å². The minimum Gasteiger partial charge on any atom is -0.472 e. The highest BCUT2D eigenvalue weighted by atomic mass is 16.5. The third kappa shape index (κ3) is 5.81. The van der Waals surface area contributed by atoms with Crippen molar-refractivity contribution in [1.29, 1.82) is 0 Å². The summed E-state index contributed by atoms with van der Waals surface area (Å²) in [5, 5.41) is 0. The van der Waals surface area contributed by atoms with Gasteiger partial charge in [0, 0.05) is 32.0 Å². The normalized spacial score (nSPS) is 18.9. The van der Waals surface area contributed by atoms with Crippen LogP contribution in [-0.2, 0) is 0 Å². The summed E-state index contributed by atoms with van der Waals surface area (Å²) in [6, 6.07) is 0. The monoisotopic (exact) mass is 290 g/mol. The fraction of sp³-hybridized carbons (Fsp3) is 0.625. The van der Waals surface area contributed by atoms with Crippen LogP contribution in [0.25, 0.3) is 0 Å². The molecule has 21 heavy (non-hydrogen) atoms. The minimum atomic E-state index is 0.142. The van der Waals surface area contributed by atoms with E-state index in [2.05, 4.69) is 33.4 Å². The summed E-state index contributed by atoms with van der Waals surface area (Å²) in [6.07, 6.45) is 10.2. The number of allylic oxidation sites excluding steroid dienone is 1. The summed E-state index contributed by atoms with van der Waals surface area (Å²) < 4.78 is 6.01. The van der Waals surface area contributed by atoms with Crippen molar-refractivity contribution in [2.75, 3.05) is 39.8 Å². The first-order chi connectivity index (χ1) is 10.3. The van der Waals surface area contributed by atoms with Crippen LogP contribution in [0.1, 0.15) is 19.3 Å². The molecule has 1 saturated heterocycles. The SMILES string of the molecule is C=CCC[C@@H](CN1CCCN(C)CC1)Oc1cnccn1. The molecule has 116 valence electrons. The minimum absolute atomic E-state index is 0.142. The molecule has 0 spiro atoms. The van der Waals surface area contributed by atoms with Gasteiger partial charge in [-0.25, -0.2) is 4.98 Å². The molecule has 0 N–H and O–H groups in total. The number of nitrogens with zero attached hydrogens (tertiary/aromatic N) is 4. The molecule has 1 aliphatic heterocycles. The van der Waals surface area contributed by atoms with Gasteiger partial charge in [0.15, 0.2) is 0 Å². The van der Waals surface area contributed by atoms with E-state index >= 15 is 0 Å². The molecular weight excluding hydrogens is 264 g/mol. The lowest BCUT2D eigenvalue weighted by molar-refractivity contribution is 0.123. The highest BCUT2D eigenvalue weighted by Crippen LogP contribution is 2.12. The second-order valence-electron chi connectivity index (χ2n) is 5.61. The van der Waals surface area contributed by atoms with Gasteiger partial charge in [0.25, 0.3) is 0 Å². The number of likely N-dealkylation sites (N-methyl/N-ethyl adjacent to an activating group) is 1. The Morgan fingerprint density at radius 2 is 2.24 bits per heavy atom. The van der Waals surface area contributed by atoms with Gasteiger partial charge in [0.2, 0.25) is 5.88 Å². The smallest absolute Gasteiger partial charge is 0.232 e. The van der Waals surface area contributed by atoms with Crippen molar-refractivity contribution in [3.63, 3.8) is 0 Å². The maximum atomic E-state index is 6.01. The summed E-state index contributed by atoms with van der Waals surface area (Å²) in [5.41, 5.74) is 0. The molecule has 1 aromatic rings. The third-order valence-electron chi connectivity index (χ3n) is 3.79. The van der Waals surface area contributed by atoms with Gasteiger partial charge >= 0.3 is 0 Å². The summed E-state index contributed by atoms with van der Waals surface area (Å²) in [6.45, 7) is 9.29. The summed E-state index contributed by atoms with van der Waals surface area (Å²) >= 11 is 0. The van der Waals surface area contributed by atoms with Crippen LogP contribution in [0.15, 0.2) is 31.2 Å². The van der Waals surface area contributed by atoms with Crippen molar-refractivity contribution in [3.8, 4) is 5.88 Å². The molecule has 0 aromatic carbocycles. The standard InChI is InChI=1S/C16H26N4O/c1-3-4-6-15(21-16-13-17-7-8-18-16)14-20-10-5-9-19(2)11-12-20/h3,7-8,13,15H,1,4-6,9-12,14H2,2H3/t15-/m0/s1. The molecule has 0 aliphatic carbocycles. The fourth-order valence-electron chi connectivity index (χ4n) is 2.58. The van der Waals surface area contributed by atoms with Crippen molar-refractivity contribution < 1.29 is 4.74 Å². The number of ether oxygens (including phenoxy) is 1. The van der Waals surface area contributed by atoms with E-state index in [0.29, 0.717) is 5.88 Å². The number of aromatic nitrogens is 2. The van der Waals surface area contributed by atoms with Crippen molar-refractivity contribution >= 4 is 0 Å². The zero-order valence-corrected chi connectivity index (χ0v) is 12.9. The van der Waals surface area contributed by atoms with Crippen molar-refractivity contribution in [3.05, 3.63) is 31.2 Å². The van der Waals surface area contributed by atoms with Crippen LogP contribution in [0.4, 0.5) is 0 Å². The van der Waals surface area contributed by atoms with Gasteiger partial charge in [-0.1, -0.05) is 6.08 Å². The highest BCUT2D eigenvalue weighted by Gasteiger charge is 2.18. The van der Waals surface area contributed by atoms with E-state index in [9.17, 15) is 0 Å². The molecule has 1 atom stereocenters. The number of hydrogen-bond acceptors (Lipinski definition) is 5. The predicted molar refractivity (Wildman–Crippen MR) is 84.4 cm³/mol. The number of hydrogen-bond donors (Lipinski definition) is 0. The van der Waals surface area contributed by atoms with Gasteiger partial charge in [-0.05, 0) is 39.4 Å². The molecule has 5 heteroatoms. The molecule has 0 amide bonds. The molecule has 0 saturated carbocycles. The Balaban J connectivity index is 1.90. The van der Waals surface area contributed by atoms with Crippen LogP contribution in [0, 0.1) is 0 Å². The first-order valence-electron chi connectivity index (χ1n) is 7.72. The highest BCUT2D eigenvalue weighted by molar-refractivity contribution is 5.02. The lowest BCUT2D eigenvalue weighted by Crippen LogP contribution is -2.38. The molecular formula is C16H26N4O. The zero-order chi connectivity index (χ0) is 14.9. The first kappa shape index (κ1) is 15.9. The van der Waals surface area contributed by atoms with E-state index in [4.69, 9.17) is 4.74 Å². The van der Waals surface area contributed by atoms with Crippen molar-refractivity contribution in [1.82, 2.24) is 19.8 Å². The Labute approximate surface area is 127 Å². The Hall–Kier alpha value is -1.46. The maximum Gasteiger partial charge on any atom is 0.232 e. The second-order valence-corrected chi connectivity index (χ2v) is 5.61. The summed E-state index contributed by atoms with van der Waals surface area (Å²) in [4.78, 5) is 13.2. The van der Waals surface area contributed by atoms with Crippen molar-refractivity contribution in [2.24, 2.45) is 0 Å². The van der Waals surface area contributed by atoms with Gasteiger partial charge in [-0.2, -0.15) is 0 Å². The largest absolute Gasteiger partial charge is 0.472 e. The van der Waals surface area contributed by atoms with E-state index in [-0.39, 0.29) is 6.10 Å². The van der Waals surface area contributed by atoms with Gasteiger partial charge in [0.05, 0.1) is 6.20 Å². The molecule has 5 nitrogen and oxygen atoms in total. The molecule has 1 fully saturated rings. The van der Waals surface area contributed by atoms with Crippen LogP contribution in [0.5, 0.6) is 5.88 Å². The van der Waals surface area contributed by atoms with E-state index in [1.54, 1.807) is 18.6 Å². The van der Waals surface area contributed by atoms with Crippen LogP contribution >= 0.6 is 0 Å². The van der Waals surface area contributed by atoms with E-state index < -0.39 is 0 Å². The Morgan fingerprint density at radius 3 is 3.00 bits per heavy atom. The maximum absolute atomic E-state index is 6.01. The fourth-order valence-corrected chi connectivity index (χ4v) is 2.58. The molecule has 1 aromatic heterocycles. The summed E-state index contributed by atoms with van der Waals surface area (Å²) in [5.74, 6) is 0.610. The Bertz CT molecular complexity index is 412. The van der Waals surface area contributed by atoms with Crippen LogP contribution in [0.2, 0.25) is 0 Å². The van der Waals surface area contributed by atoms with Crippen LogP contribution < -0.4 is 4.74 Å². The second kappa shape index (κ2) is 8.74. The third-order valence-corrected chi connectivity index (χ3v) is 3.79. The van der Waals surface area contributed by atoms with Crippen molar-refractivity contribution in [2.45, 2.75) is 25.4 Å². The lowest BCUT2D eigenvalue weighted by atomic mass is 10.2. The first-order valence-corrected chi connectivity index (χ1v) is 7.72. The molecule has 2 rings (SSSR count). The molecule has 0 bridgehead atoms. The van der Waals surface area contributed by atoms with Crippen LogP contribution in [-0.4, -0.2) is 65.6 Å². The molecule has 0 unspecified atom stereocenters. The van der Waals surface area contributed by atoms with E-state index in [1.165, 1.54) is 13.0 Å². The average molecular weight is 290 g/mol. The van der Waals surface area contributed by atoms with Gasteiger partial charge < -0.3 is 9.64 Å². The predicted octanol–water partition coefficient (Wildman–Crippen LogP) is 1.83. The zero-order valence-electron chi connectivity index (χ0n) is 12.9. The Kier molecular flexibility index (Phi) is 6.63. The molecule has 0 radical (unpaired) electrons. The Morgan fingerprint density at radius 1 is 1.33 bits per heavy atom. The quantitative estimate of drug-likeness (QED) is 0.717. The number of rotatable bonds is 7. The summed E-state index contributed by atoms with van der Waals surface area (Å²) in [7, 11) is 2.19.